The smallest absolute Gasteiger partial charge is 0.326 e. The predicted molar refractivity (Wildman–Crippen MR) is 99.3 cm³/mol. The Morgan fingerprint density at radius 1 is 1.38 bits per heavy atom. The first kappa shape index (κ1) is 22.3. The van der Waals surface area contributed by atoms with Crippen molar-refractivity contribution in [2.24, 2.45) is 5.73 Å². The van der Waals surface area contributed by atoms with E-state index in [1.54, 1.807) is 0 Å². The number of nitrogens with zero attached hydrogens (tertiary/aromatic N) is 2. The van der Waals surface area contributed by atoms with Crippen molar-refractivity contribution in [3.05, 3.63) is 18.2 Å². The van der Waals surface area contributed by atoms with Gasteiger partial charge in [-0.05, 0) is 19.8 Å². The Bertz CT molecular complexity index is 737. The molecule has 0 spiro atoms. The Kier molecular flexibility index (Phi) is 7.67. The molecule has 0 saturated carbocycles. The summed E-state index contributed by atoms with van der Waals surface area (Å²) in [5.41, 5.74) is 5.78. The minimum atomic E-state index is -1.32. The summed E-state index contributed by atoms with van der Waals surface area (Å²) < 4.78 is 0. The zero-order valence-corrected chi connectivity index (χ0v) is 16.0. The molecule has 2 heterocycles. The third kappa shape index (κ3) is 5.74. The van der Waals surface area contributed by atoms with E-state index in [9.17, 15) is 29.4 Å². The van der Waals surface area contributed by atoms with E-state index in [1.807, 2.05) is 0 Å². The first-order valence-electron chi connectivity index (χ1n) is 9.23. The second-order valence-electron chi connectivity index (χ2n) is 6.86. The standard InChI is InChI=1S/C17H26N6O6/c1-9(24)14(22-13(25)6-18)15(26)21-11(5-10-7-19-8-20-10)16(27)23-4-2-3-12(23)17(28)29/h7-9,11-12,14,24H,2-6,18H2,1H3,(H,19,20)(H,21,26)(H,22,25)(H,28,29). The topological polar surface area (TPSA) is 191 Å². The molecule has 0 aliphatic carbocycles. The largest absolute Gasteiger partial charge is 0.480 e. The summed E-state index contributed by atoms with van der Waals surface area (Å²) in [5.74, 6) is -3.11. The Morgan fingerprint density at radius 3 is 2.66 bits per heavy atom. The highest BCUT2D eigenvalue weighted by molar-refractivity contribution is 5.94. The zero-order valence-electron chi connectivity index (χ0n) is 16.0. The molecule has 4 unspecified atom stereocenters. The molecule has 1 aliphatic heterocycles. The SMILES string of the molecule is CC(O)C(NC(=O)CN)C(=O)NC(Cc1cnc[nH]1)C(=O)N1CCCC1C(=O)O. The van der Waals surface area contributed by atoms with Crippen LogP contribution in [0, 0.1) is 0 Å². The number of aliphatic carboxylic acids is 1. The number of nitrogens with two attached hydrogens (primary N) is 1. The number of aliphatic hydroxyl groups is 1. The number of carboxylic acid groups (broad SMARTS) is 1. The van der Waals surface area contributed by atoms with Crippen LogP contribution in [-0.4, -0.2) is 86.1 Å². The maximum Gasteiger partial charge on any atom is 0.326 e. The molecule has 160 valence electrons. The van der Waals surface area contributed by atoms with Crippen molar-refractivity contribution in [3.63, 3.8) is 0 Å². The highest BCUT2D eigenvalue weighted by Crippen LogP contribution is 2.19. The minimum Gasteiger partial charge on any atom is -0.480 e. The van der Waals surface area contributed by atoms with Gasteiger partial charge in [-0.1, -0.05) is 0 Å². The average Bonchev–Trinajstić information content (AvgIpc) is 3.35. The summed E-state index contributed by atoms with van der Waals surface area (Å²) in [4.78, 5) is 56.6. The van der Waals surface area contributed by atoms with E-state index < -0.39 is 47.9 Å². The Hall–Kier alpha value is -2.99. The normalized spacial score (nSPS) is 19.3. The van der Waals surface area contributed by atoms with Gasteiger partial charge in [0.1, 0.15) is 18.1 Å². The number of amides is 3. The number of aromatic amines is 1. The maximum atomic E-state index is 13.0. The predicted octanol–water partition coefficient (Wildman–Crippen LogP) is -2.66. The van der Waals surface area contributed by atoms with E-state index in [0.29, 0.717) is 18.5 Å². The fraction of sp³-hybridized carbons (Fsp3) is 0.588. The molecule has 0 bridgehead atoms. The summed E-state index contributed by atoms with van der Waals surface area (Å²) in [7, 11) is 0. The summed E-state index contributed by atoms with van der Waals surface area (Å²) in [6.07, 6.45) is 2.55. The Morgan fingerprint density at radius 2 is 2.10 bits per heavy atom. The van der Waals surface area contributed by atoms with Crippen LogP contribution in [0.3, 0.4) is 0 Å². The first-order chi connectivity index (χ1) is 13.7. The molecule has 2 rings (SSSR count). The van der Waals surface area contributed by atoms with Gasteiger partial charge in [-0.3, -0.25) is 14.4 Å². The zero-order chi connectivity index (χ0) is 21.6. The number of aliphatic hydroxyl groups excluding tert-OH is 1. The number of H-pyrrole nitrogens is 1. The number of likely N-dealkylation sites (tertiary alicyclic amines) is 1. The number of aromatic nitrogens is 2. The molecule has 4 atom stereocenters. The molecule has 1 fully saturated rings. The van der Waals surface area contributed by atoms with Crippen LogP contribution < -0.4 is 16.4 Å². The first-order valence-corrected chi connectivity index (χ1v) is 9.23. The molecule has 29 heavy (non-hydrogen) atoms. The van der Waals surface area contributed by atoms with E-state index in [0.717, 1.165) is 0 Å². The van der Waals surface area contributed by atoms with Crippen LogP contribution in [0.4, 0.5) is 0 Å². The minimum absolute atomic E-state index is 0.0325. The lowest BCUT2D eigenvalue weighted by molar-refractivity contribution is -0.149. The lowest BCUT2D eigenvalue weighted by Gasteiger charge is -2.29. The van der Waals surface area contributed by atoms with Gasteiger partial charge in [0.05, 0.1) is 19.0 Å². The van der Waals surface area contributed by atoms with E-state index in [4.69, 9.17) is 5.73 Å². The Balaban J connectivity index is 2.20. The van der Waals surface area contributed by atoms with Gasteiger partial charge in [0, 0.05) is 24.9 Å². The van der Waals surface area contributed by atoms with E-state index >= 15 is 0 Å². The van der Waals surface area contributed by atoms with Crippen LogP contribution in [0.2, 0.25) is 0 Å². The average molecular weight is 410 g/mol. The van der Waals surface area contributed by atoms with Crippen molar-refractivity contribution in [1.82, 2.24) is 25.5 Å². The maximum absolute atomic E-state index is 13.0. The quantitative estimate of drug-likeness (QED) is 0.254. The van der Waals surface area contributed by atoms with Crippen LogP contribution in [0.25, 0.3) is 0 Å². The third-order valence-electron chi connectivity index (χ3n) is 4.68. The highest BCUT2D eigenvalue weighted by Gasteiger charge is 2.38. The van der Waals surface area contributed by atoms with Gasteiger partial charge in [0.15, 0.2) is 0 Å². The molecule has 3 amide bonds. The molecule has 1 aliphatic rings. The van der Waals surface area contributed by atoms with Gasteiger partial charge in [-0.2, -0.15) is 0 Å². The fourth-order valence-electron chi connectivity index (χ4n) is 3.20. The van der Waals surface area contributed by atoms with E-state index in [2.05, 4.69) is 20.6 Å². The van der Waals surface area contributed by atoms with Crippen LogP contribution in [0.1, 0.15) is 25.5 Å². The summed E-state index contributed by atoms with van der Waals surface area (Å²) in [6, 6.07) is -3.40. The van der Waals surface area contributed by atoms with Crippen LogP contribution >= 0.6 is 0 Å². The number of nitrogens with one attached hydrogen (secondary N) is 3. The van der Waals surface area contributed by atoms with Gasteiger partial charge < -0.3 is 36.5 Å². The molecular formula is C17H26N6O6. The van der Waals surface area contributed by atoms with Gasteiger partial charge in [-0.15, -0.1) is 0 Å². The Labute approximate surface area is 166 Å². The number of imidazole rings is 1. The van der Waals surface area contributed by atoms with Crippen molar-refractivity contribution in [1.29, 1.82) is 0 Å². The summed E-state index contributed by atoms with van der Waals surface area (Å²) in [5, 5.41) is 24.0. The van der Waals surface area contributed by atoms with Crippen molar-refractivity contribution in [2.45, 2.75) is 50.4 Å². The molecular weight excluding hydrogens is 384 g/mol. The van der Waals surface area contributed by atoms with Gasteiger partial charge >= 0.3 is 5.97 Å². The molecule has 1 aromatic heterocycles. The van der Waals surface area contributed by atoms with Gasteiger partial charge in [0.2, 0.25) is 17.7 Å². The third-order valence-corrected chi connectivity index (χ3v) is 4.68. The molecule has 12 nitrogen and oxygen atoms in total. The molecule has 12 heteroatoms. The second-order valence-corrected chi connectivity index (χ2v) is 6.86. The number of rotatable bonds is 9. The lowest BCUT2D eigenvalue weighted by Crippen LogP contribution is -2.59. The van der Waals surface area contributed by atoms with Crippen LogP contribution in [-0.2, 0) is 25.6 Å². The number of carbonyl (C=O) groups is 4. The molecule has 0 radical (unpaired) electrons. The molecule has 1 aromatic rings. The molecule has 0 aromatic carbocycles. The van der Waals surface area contributed by atoms with E-state index in [-0.39, 0.29) is 19.5 Å². The van der Waals surface area contributed by atoms with Crippen LogP contribution in [0.15, 0.2) is 12.5 Å². The van der Waals surface area contributed by atoms with Crippen molar-refractivity contribution >= 4 is 23.7 Å². The fourth-order valence-corrected chi connectivity index (χ4v) is 3.20. The monoisotopic (exact) mass is 410 g/mol. The van der Waals surface area contributed by atoms with E-state index in [1.165, 1.54) is 24.3 Å². The second kappa shape index (κ2) is 9.98. The van der Waals surface area contributed by atoms with Crippen LogP contribution in [0.5, 0.6) is 0 Å². The number of hydrogen-bond donors (Lipinski definition) is 6. The number of hydrogen-bond acceptors (Lipinski definition) is 7. The number of carboxylic acids is 1. The molecule has 1 saturated heterocycles. The highest BCUT2D eigenvalue weighted by atomic mass is 16.4. The van der Waals surface area contributed by atoms with Crippen molar-refractivity contribution in [2.75, 3.05) is 13.1 Å². The summed E-state index contributed by atoms with van der Waals surface area (Å²) >= 11 is 0. The molecule has 7 N–H and O–H groups in total. The van der Waals surface area contributed by atoms with Gasteiger partial charge in [-0.25, -0.2) is 9.78 Å². The van der Waals surface area contributed by atoms with Crippen molar-refractivity contribution < 1.29 is 29.4 Å². The lowest BCUT2D eigenvalue weighted by atomic mass is 10.1. The number of carbonyl (C=O) groups excluding carboxylic acids is 3. The van der Waals surface area contributed by atoms with Crippen molar-refractivity contribution in [3.8, 4) is 0 Å². The van der Waals surface area contributed by atoms with Gasteiger partial charge in [0.25, 0.3) is 0 Å². The summed E-state index contributed by atoms with van der Waals surface area (Å²) in [6.45, 7) is 1.20.